The number of hydrogen-bond donors (Lipinski definition) is 0. The van der Waals surface area contributed by atoms with Crippen molar-refractivity contribution in [2.45, 2.75) is 45.4 Å². The van der Waals surface area contributed by atoms with Gasteiger partial charge >= 0.3 is 0 Å². The van der Waals surface area contributed by atoms with E-state index in [9.17, 15) is 0 Å². The Bertz CT molecular complexity index is 2860. The van der Waals surface area contributed by atoms with Crippen LogP contribution in [0.25, 0.3) is 51.1 Å². The van der Waals surface area contributed by atoms with Crippen molar-refractivity contribution in [3.8, 4) is 33.4 Å². The highest BCUT2D eigenvalue weighted by atomic mass is 32.1. The van der Waals surface area contributed by atoms with Crippen LogP contribution in [-0.4, -0.2) is 0 Å². The van der Waals surface area contributed by atoms with Crippen LogP contribution in [0.1, 0.15) is 77.8 Å². The summed E-state index contributed by atoms with van der Waals surface area (Å²) in [6, 6.07) is 52.0. The van der Waals surface area contributed by atoms with Crippen LogP contribution in [0.2, 0.25) is 0 Å². The first kappa shape index (κ1) is 35.2. The smallest absolute Gasteiger partial charge is 0.0816 e. The van der Waals surface area contributed by atoms with Crippen molar-refractivity contribution >= 4 is 46.1 Å². The van der Waals surface area contributed by atoms with E-state index in [-0.39, 0.29) is 5.41 Å². The lowest BCUT2D eigenvalue weighted by Crippen LogP contribution is -2.26. The number of benzene rings is 6. The average Bonchev–Trinajstić information content (AvgIpc) is 3.90. The zero-order chi connectivity index (χ0) is 39.1. The fourth-order valence-corrected chi connectivity index (χ4v) is 11.6. The van der Waals surface area contributed by atoms with Gasteiger partial charge in [0.15, 0.2) is 0 Å². The molecule has 1 atom stereocenters. The van der Waals surface area contributed by atoms with E-state index in [1.165, 1.54) is 87.7 Å². The van der Waals surface area contributed by atoms with Crippen LogP contribution in [0, 0.1) is 0 Å². The molecule has 57 heavy (non-hydrogen) atoms. The van der Waals surface area contributed by atoms with Crippen molar-refractivity contribution in [2.75, 3.05) is 4.90 Å². The Morgan fingerprint density at radius 2 is 1.18 bits per heavy atom. The van der Waals surface area contributed by atoms with E-state index in [0.717, 1.165) is 17.1 Å². The minimum atomic E-state index is -0.402. The third-order valence-electron chi connectivity index (χ3n) is 12.7. The summed E-state index contributed by atoms with van der Waals surface area (Å²) in [5.41, 5.74) is 21.5. The zero-order valence-electron chi connectivity index (χ0n) is 33.2. The summed E-state index contributed by atoms with van der Waals surface area (Å²) < 4.78 is 0. The quantitative estimate of drug-likeness (QED) is 0.157. The summed E-state index contributed by atoms with van der Waals surface area (Å²) in [6.45, 7) is 15.5. The van der Waals surface area contributed by atoms with E-state index in [2.05, 4.69) is 210 Å². The number of thiophene rings is 1. The molecule has 10 rings (SSSR count). The number of allylic oxidation sites excluding steroid dienone is 5. The Hall–Kier alpha value is -6.22. The largest absolute Gasteiger partial charge is 0.310 e. The van der Waals surface area contributed by atoms with Crippen molar-refractivity contribution < 1.29 is 0 Å². The van der Waals surface area contributed by atoms with Gasteiger partial charge in [-0.15, -0.1) is 11.3 Å². The second-order valence-corrected chi connectivity index (χ2v) is 17.1. The van der Waals surface area contributed by atoms with E-state index in [1.807, 2.05) is 17.4 Å². The van der Waals surface area contributed by atoms with Crippen molar-refractivity contribution in [1.82, 2.24) is 0 Å². The Morgan fingerprint density at radius 1 is 0.561 bits per heavy atom. The monoisotopic (exact) mass is 751 g/mol. The number of nitrogens with zero attached hydrogens (tertiary/aromatic N) is 1. The summed E-state index contributed by atoms with van der Waals surface area (Å²) in [5, 5.41) is 0. The highest BCUT2D eigenvalue weighted by Gasteiger charge is 2.53. The second kappa shape index (κ2) is 13.2. The molecule has 7 aromatic rings. The maximum absolute atomic E-state index is 4.26. The molecule has 0 aliphatic heterocycles. The lowest BCUT2D eigenvalue weighted by molar-refractivity contribution is 0.660. The van der Waals surface area contributed by atoms with E-state index in [4.69, 9.17) is 0 Å². The number of fused-ring (bicyclic) bond motifs is 10. The van der Waals surface area contributed by atoms with Crippen molar-refractivity contribution in [3.63, 3.8) is 0 Å². The number of hydrogen-bond acceptors (Lipinski definition) is 2. The molecule has 1 heterocycles. The van der Waals surface area contributed by atoms with E-state index in [0.29, 0.717) is 0 Å². The highest BCUT2D eigenvalue weighted by molar-refractivity contribution is 7.14. The molecule has 3 aliphatic carbocycles. The van der Waals surface area contributed by atoms with Crippen LogP contribution < -0.4 is 4.90 Å². The maximum atomic E-state index is 4.26. The molecule has 1 spiro atoms. The van der Waals surface area contributed by atoms with Gasteiger partial charge in [0.1, 0.15) is 0 Å². The fraction of sp³-hybridized carbons (Fsp3) is 0.127. The molecule has 0 radical (unpaired) electrons. The number of para-hydroxylation sites is 1. The second-order valence-electron chi connectivity index (χ2n) is 16.0. The molecule has 0 saturated carbocycles. The van der Waals surface area contributed by atoms with Gasteiger partial charge in [0.2, 0.25) is 0 Å². The van der Waals surface area contributed by atoms with Gasteiger partial charge in [-0.05, 0) is 130 Å². The predicted molar refractivity (Wildman–Crippen MR) is 246 cm³/mol. The molecule has 276 valence electrons. The summed E-state index contributed by atoms with van der Waals surface area (Å²) in [7, 11) is 0. The highest BCUT2D eigenvalue weighted by Crippen LogP contribution is 2.65. The lowest BCUT2D eigenvalue weighted by atomic mass is 9.72. The molecule has 2 heteroatoms. The minimum Gasteiger partial charge on any atom is -0.310 e. The molecule has 0 fully saturated rings. The van der Waals surface area contributed by atoms with Crippen LogP contribution in [0.5, 0.6) is 0 Å². The zero-order valence-corrected chi connectivity index (χ0v) is 34.0. The third kappa shape index (κ3) is 4.93. The predicted octanol–water partition coefficient (Wildman–Crippen LogP) is 15.5. The summed E-state index contributed by atoms with van der Waals surface area (Å²) >= 11 is 1.90. The first-order chi connectivity index (χ1) is 27.8. The molecule has 3 aliphatic rings. The van der Waals surface area contributed by atoms with Crippen LogP contribution in [0.15, 0.2) is 170 Å². The van der Waals surface area contributed by atoms with Crippen molar-refractivity contribution in [3.05, 3.63) is 213 Å². The van der Waals surface area contributed by atoms with E-state index in [1.54, 1.807) is 0 Å². The Morgan fingerprint density at radius 3 is 1.91 bits per heavy atom. The Balaban J connectivity index is 1.10. The molecule has 6 aromatic carbocycles. The standard InChI is InChI=1S/C55H45NS/c1-7-17-45-51(9-3)57-53-52(45)44-22-14-16-24-48(44)55(53)46(18-8-2)35(4)41-31-27-37(33-50(41)55)36-25-28-39(29-26-36)56(38-19-11-10-12-20-38)40-30-32-43-42-21-13-15-23-47(42)54(5,6)49(43)34-40/h7-34H,3H2,1-2,4-6H3/b17-7-,18-8-. The third-order valence-corrected chi connectivity index (χ3v) is 14.0. The Kier molecular flexibility index (Phi) is 8.15. The average molecular weight is 752 g/mol. The minimum absolute atomic E-state index is 0.0791. The van der Waals surface area contributed by atoms with Gasteiger partial charge in [0, 0.05) is 43.4 Å². The molecule has 0 saturated heterocycles. The van der Waals surface area contributed by atoms with Crippen molar-refractivity contribution in [1.29, 1.82) is 0 Å². The molecule has 1 aromatic heterocycles. The molecule has 0 N–H and O–H groups in total. The molecular formula is C55H45NS. The molecule has 0 amide bonds. The van der Waals surface area contributed by atoms with E-state index >= 15 is 0 Å². The maximum Gasteiger partial charge on any atom is 0.0816 e. The van der Waals surface area contributed by atoms with Crippen LogP contribution in [-0.2, 0) is 10.8 Å². The summed E-state index contributed by atoms with van der Waals surface area (Å²) in [4.78, 5) is 5.01. The first-order valence-electron chi connectivity index (χ1n) is 20.0. The van der Waals surface area contributed by atoms with Crippen LogP contribution in [0.3, 0.4) is 0 Å². The summed E-state index contributed by atoms with van der Waals surface area (Å²) in [6.07, 6.45) is 11.0. The molecular weight excluding hydrogens is 707 g/mol. The number of rotatable bonds is 7. The van der Waals surface area contributed by atoms with Gasteiger partial charge in [-0.1, -0.05) is 148 Å². The fourth-order valence-electron chi connectivity index (χ4n) is 10.2. The first-order valence-corrected chi connectivity index (χ1v) is 20.9. The van der Waals surface area contributed by atoms with Gasteiger partial charge in [-0.2, -0.15) is 0 Å². The van der Waals surface area contributed by atoms with Gasteiger partial charge in [-0.25, -0.2) is 0 Å². The van der Waals surface area contributed by atoms with Crippen LogP contribution >= 0.6 is 11.3 Å². The van der Waals surface area contributed by atoms with E-state index < -0.39 is 5.41 Å². The topological polar surface area (TPSA) is 3.24 Å². The van der Waals surface area contributed by atoms with Gasteiger partial charge in [-0.3, -0.25) is 0 Å². The van der Waals surface area contributed by atoms with Crippen LogP contribution in [0.4, 0.5) is 17.1 Å². The molecule has 0 bridgehead atoms. The normalized spacial score (nSPS) is 16.9. The Labute approximate surface area is 341 Å². The van der Waals surface area contributed by atoms with Gasteiger partial charge < -0.3 is 4.90 Å². The van der Waals surface area contributed by atoms with Gasteiger partial charge in [0.25, 0.3) is 0 Å². The summed E-state index contributed by atoms with van der Waals surface area (Å²) in [5.74, 6) is 0. The van der Waals surface area contributed by atoms with Crippen molar-refractivity contribution in [2.24, 2.45) is 0 Å². The molecule has 1 unspecified atom stereocenters. The number of anilines is 3. The van der Waals surface area contributed by atoms with Gasteiger partial charge in [0.05, 0.1) is 5.41 Å². The SMILES string of the molecule is C=Cc1sc2c(c1/C=C\C)-c1ccccc1C21C(/C=C\C)=C(C)c2ccc(-c3ccc(N(c4ccccc4)c4ccc5c(c4)C(C)(C)c4ccccc4-5)cc3)cc21. The lowest BCUT2D eigenvalue weighted by Gasteiger charge is -2.31. The molecule has 1 nitrogen and oxygen atoms in total.